The number of rotatable bonds is 4. The molecule has 0 radical (unpaired) electrons. The second kappa shape index (κ2) is 5.87. The van der Waals surface area contributed by atoms with Gasteiger partial charge in [0.25, 0.3) is 5.91 Å². The number of amides is 1. The molecule has 1 unspecified atom stereocenters. The minimum atomic E-state index is -1.76. The average Bonchev–Trinajstić information content (AvgIpc) is 2.47. The number of hydrogen-bond acceptors (Lipinski definition) is 4. The van der Waals surface area contributed by atoms with Gasteiger partial charge in [0.1, 0.15) is 11.3 Å². The first kappa shape index (κ1) is 15.5. The van der Waals surface area contributed by atoms with Crippen molar-refractivity contribution in [2.75, 3.05) is 5.32 Å². The van der Waals surface area contributed by atoms with Gasteiger partial charge in [0.2, 0.25) is 0 Å². The molecule has 4 N–H and O–H groups in total. The lowest BCUT2D eigenvalue weighted by Gasteiger charge is -2.22. The number of carboxylic acids is 1. The fourth-order valence-corrected chi connectivity index (χ4v) is 1.94. The number of nitrogens with one attached hydrogen (secondary N) is 1. The number of aromatic carboxylic acids is 1. The first-order chi connectivity index (χ1) is 10.3. The minimum absolute atomic E-state index is 0.184. The van der Waals surface area contributed by atoms with Gasteiger partial charge in [-0.2, -0.15) is 0 Å². The van der Waals surface area contributed by atoms with Crippen LogP contribution in [0.15, 0.2) is 48.5 Å². The van der Waals surface area contributed by atoms with E-state index in [2.05, 4.69) is 5.32 Å². The third-order valence-electron chi connectivity index (χ3n) is 3.26. The lowest BCUT2D eigenvalue weighted by Crippen LogP contribution is -2.37. The van der Waals surface area contributed by atoms with Crippen molar-refractivity contribution in [3.63, 3.8) is 0 Å². The Hall–Kier alpha value is -2.86. The monoisotopic (exact) mass is 301 g/mol. The van der Waals surface area contributed by atoms with Crippen LogP contribution in [0.4, 0.5) is 5.69 Å². The Bertz CT molecular complexity index is 710. The standard InChI is InChI=1S/C16H15NO5/c1-16(22,10-5-3-2-4-6-10)15(21)17-11-7-8-12(14(19)20)13(18)9-11/h2-9,18,22H,1H3,(H,17,21)(H,19,20). The van der Waals surface area contributed by atoms with E-state index >= 15 is 0 Å². The van der Waals surface area contributed by atoms with Crippen LogP contribution in [0.1, 0.15) is 22.8 Å². The van der Waals surface area contributed by atoms with E-state index in [-0.39, 0.29) is 11.3 Å². The first-order valence-electron chi connectivity index (χ1n) is 6.48. The zero-order valence-electron chi connectivity index (χ0n) is 11.8. The smallest absolute Gasteiger partial charge is 0.339 e. The number of aromatic hydroxyl groups is 1. The van der Waals surface area contributed by atoms with Gasteiger partial charge in [0.15, 0.2) is 5.60 Å². The summed E-state index contributed by atoms with van der Waals surface area (Å²) in [7, 11) is 0. The lowest BCUT2D eigenvalue weighted by atomic mass is 9.95. The maximum absolute atomic E-state index is 12.2. The molecule has 0 saturated heterocycles. The number of hydrogen-bond donors (Lipinski definition) is 4. The fourth-order valence-electron chi connectivity index (χ4n) is 1.94. The van der Waals surface area contributed by atoms with Gasteiger partial charge < -0.3 is 20.6 Å². The highest BCUT2D eigenvalue weighted by Gasteiger charge is 2.32. The molecule has 2 aromatic rings. The summed E-state index contributed by atoms with van der Waals surface area (Å²) in [6.45, 7) is 1.35. The number of anilines is 1. The number of aliphatic hydroxyl groups is 1. The zero-order valence-corrected chi connectivity index (χ0v) is 11.8. The molecule has 0 aromatic heterocycles. The van der Waals surface area contributed by atoms with Crippen LogP contribution in [0.3, 0.4) is 0 Å². The fraction of sp³-hybridized carbons (Fsp3) is 0.125. The Morgan fingerprint density at radius 3 is 2.27 bits per heavy atom. The molecule has 0 heterocycles. The van der Waals surface area contributed by atoms with Crippen molar-refractivity contribution in [1.82, 2.24) is 0 Å². The Labute approximate surface area is 126 Å². The molecule has 2 aromatic carbocycles. The van der Waals surface area contributed by atoms with E-state index in [4.69, 9.17) is 5.11 Å². The van der Waals surface area contributed by atoms with E-state index in [0.29, 0.717) is 5.56 Å². The highest BCUT2D eigenvalue weighted by Crippen LogP contribution is 2.25. The molecule has 2 rings (SSSR count). The molecular formula is C16H15NO5. The van der Waals surface area contributed by atoms with Crippen LogP contribution in [0.25, 0.3) is 0 Å². The summed E-state index contributed by atoms with van der Waals surface area (Å²) in [4.78, 5) is 23.0. The Kier molecular flexibility index (Phi) is 4.14. The summed E-state index contributed by atoms with van der Waals surface area (Å²) in [5.74, 6) is -2.43. The third-order valence-corrected chi connectivity index (χ3v) is 3.26. The van der Waals surface area contributed by atoms with Crippen molar-refractivity contribution < 1.29 is 24.9 Å². The van der Waals surface area contributed by atoms with Crippen molar-refractivity contribution in [1.29, 1.82) is 0 Å². The van der Waals surface area contributed by atoms with Gasteiger partial charge in [0, 0.05) is 11.8 Å². The van der Waals surface area contributed by atoms with Crippen LogP contribution in [-0.2, 0) is 10.4 Å². The molecule has 6 heteroatoms. The van der Waals surface area contributed by atoms with Crippen LogP contribution < -0.4 is 5.32 Å². The molecule has 22 heavy (non-hydrogen) atoms. The van der Waals surface area contributed by atoms with Gasteiger partial charge in [-0.3, -0.25) is 4.79 Å². The molecule has 0 aliphatic rings. The lowest BCUT2D eigenvalue weighted by molar-refractivity contribution is -0.133. The van der Waals surface area contributed by atoms with Crippen molar-refractivity contribution in [3.05, 3.63) is 59.7 Å². The van der Waals surface area contributed by atoms with Gasteiger partial charge in [0.05, 0.1) is 0 Å². The summed E-state index contributed by atoms with van der Waals surface area (Å²) < 4.78 is 0. The Balaban J connectivity index is 2.22. The maximum atomic E-state index is 12.2. The average molecular weight is 301 g/mol. The second-order valence-corrected chi connectivity index (χ2v) is 4.93. The number of benzene rings is 2. The van der Waals surface area contributed by atoms with E-state index in [1.54, 1.807) is 30.3 Å². The molecule has 1 amide bonds. The van der Waals surface area contributed by atoms with E-state index in [9.17, 15) is 19.8 Å². The SMILES string of the molecule is CC(O)(C(=O)Nc1ccc(C(=O)O)c(O)c1)c1ccccc1. The quantitative estimate of drug-likeness (QED) is 0.690. The van der Waals surface area contributed by atoms with Gasteiger partial charge in [-0.05, 0) is 24.6 Å². The minimum Gasteiger partial charge on any atom is -0.507 e. The van der Waals surface area contributed by atoms with Crippen LogP contribution in [0.2, 0.25) is 0 Å². The van der Waals surface area contributed by atoms with Crippen molar-refractivity contribution >= 4 is 17.6 Å². The topological polar surface area (TPSA) is 107 Å². The molecular weight excluding hydrogens is 286 g/mol. The van der Waals surface area contributed by atoms with Crippen molar-refractivity contribution in [2.24, 2.45) is 0 Å². The van der Waals surface area contributed by atoms with Crippen molar-refractivity contribution in [2.45, 2.75) is 12.5 Å². The molecule has 0 aliphatic heterocycles. The summed E-state index contributed by atoms with van der Waals surface area (Å²) in [6, 6.07) is 12.0. The van der Waals surface area contributed by atoms with Crippen LogP contribution >= 0.6 is 0 Å². The highest BCUT2D eigenvalue weighted by molar-refractivity contribution is 5.98. The van der Waals surface area contributed by atoms with E-state index < -0.39 is 23.2 Å². The van der Waals surface area contributed by atoms with E-state index in [1.165, 1.54) is 19.1 Å². The number of phenols is 1. The third kappa shape index (κ3) is 3.07. The summed E-state index contributed by atoms with van der Waals surface area (Å²) >= 11 is 0. The number of carbonyl (C=O) groups is 2. The van der Waals surface area contributed by atoms with Crippen molar-refractivity contribution in [3.8, 4) is 5.75 Å². The van der Waals surface area contributed by atoms with Gasteiger partial charge in [-0.1, -0.05) is 30.3 Å². The van der Waals surface area contributed by atoms with Crippen LogP contribution in [0, 0.1) is 0 Å². The van der Waals surface area contributed by atoms with Gasteiger partial charge >= 0.3 is 5.97 Å². The van der Waals surface area contributed by atoms with Crippen LogP contribution in [0.5, 0.6) is 5.75 Å². The molecule has 1 atom stereocenters. The predicted molar refractivity (Wildman–Crippen MR) is 79.7 cm³/mol. The largest absolute Gasteiger partial charge is 0.507 e. The van der Waals surface area contributed by atoms with E-state index in [1.807, 2.05) is 0 Å². The number of carboxylic acid groups (broad SMARTS) is 1. The Morgan fingerprint density at radius 1 is 1.09 bits per heavy atom. The molecule has 0 spiro atoms. The Morgan fingerprint density at radius 2 is 1.73 bits per heavy atom. The zero-order chi connectivity index (χ0) is 16.3. The summed E-state index contributed by atoms with van der Waals surface area (Å²) in [5, 5.41) is 31.2. The molecule has 6 nitrogen and oxygen atoms in total. The summed E-state index contributed by atoms with van der Waals surface area (Å²) in [6.07, 6.45) is 0. The molecule has 0 aliphatic carbocycles. The first-order valence-corrected chi connectivity index (χ1v) is 6.48. The second-order valence-electron chi connectivity index (χ2n) is 4.93. The molecule has 0 fully saturated rings. The van der Waals surface area contributed by atoms with Crippen LogP contribution in [-0.4, -0.2) is 27.2 Å². The molecule has 0 saturated carbocycles. The van der Waals surface area contributed by atoms with Gasteiger partial charge in [-0.15, -0.1) is 0 Å². The summed E-state index contributed by atoms with van der Waals surface area (Å²) in [5.41, 5.74) is -1.43. The van der Waals surface area contributed by atoms with Gasteiger partial charge in [-0.25, -0.2) is 4.79 Å². The predicted octanol–water partition coefficient (Wildman–Crippen LogP) is 1.94. The molecule has 0 bridgehead atoms. The van der Waals surface area contributed by atoms with E-state index in [0.717, 1.165) is 6.07 Å². The highest BCUT2D eigenvalue weighted by atomic mass is 16.4. The molecule has 114 valence electrons. The maximum Gasteiger partial charge on any atom is 0.339 e. The normalized spacial score (nSPS) is 13.2. The number of carbonyl (C=O) groups excluding carboxylic acids is 1.